The Bertz CT molecular complexity index is 584. The van der Waals surface area contributed by atoms with Gasteiger partial charge in [-0.1, -0.05) is 0 Å². The van der Waals surface area contributed by atoms with Crippen molar-refractivity contribution in [3.8, 4) is 0 Å². The van der Waals surface area contributed by atoms with E-state index in [1.165, 1.54) is 4.90 Å². The molecule has 0 radical (unpaired) electrons. The third kappa shape index (κ3) is 4.07. The van der Waals surface area contributed by atoms with Crippen LogP contribution in [0.1, 0.15) is 45.7 Å². The van der Waals surface area contributed by atoms with Gasteiger partial charge in [0.1, 0.15) is 5.82 Å². The van der Waals surface area contributed by atoms with Crippen LogP contribution >= 0.6 is 0 Å². The third-order valence-corrected chi connectivity index (χ3v) is 4.02. The summed E-state index contributed by atoms with van der Waals surface area (Å²) in [6, 6.07) is -0.488. The molecular formula is C15H21F3N4O2. The number of carboxylic acid groups (broad SMARTS) is 1. The third-order valence-electron chi connectivity index (χ3n) is 4.02. The quantitative estimate of drug-likeness (QED) is 0.874. The van der Waals surface area contributed by atoms with Crippen LogP contribution < -0.4 is 5.32 Å². The molecule has 0 aromatic carbocycles. The van der Waals surface area contributed by atoms with Gasteiger partial charge >= 0.3 is 12.3 Å². The van der Waals surface area contributed by atoms with Crippen molar-refractivity contribution in [1.82, 2.24) is 14.9 Å². The van der Waals surface area contributed by atoms with Gasteiger partial charge in [0.15, 0.2) is 5.69 Å². The van der Waals surface area contributed by atoms with Crippen LogP contribution in [0, 0.1) is 0 Å². The zero-order chi connectivity index (χ0) is 18.1. The molecule has 1 amide bonds. The fourth-order valence-corrected chi connectivity index (χ4v) is 3.08. The lowest BCUT2D eigenvalue weighted by Gasteiger charge is -2.40. The number of nitrogens with one attached hydrogen (secondary N) is 1. The predicted octanol–water partition coefficient (Wildman–Crippen LogP) is 3.61. The van der Waals surface area contributed by atoms with Gasteiger partial charge in [0.25, 0.3) is 0 Å². The number of amides is 1. The molecule has 2 atom stereocenters. The fraction of sp³-hybridized carbons (Fsp3) is 0.667. The van der Waals surface area contributed by atoms with Crippen molar-refractivity contribution in [3.63, 3.8) is 0 Å². The maximum Gasteiger partial charge on any atom is 0.434 e. The molecule has 0 unspecified atom stereocenters. The van der Waals surface area contributed by atoms with Gasteiger partial charge in [0.05, 0.1) is 18.4 Å². The highest BCUT2D eigenvalue weighted by molar-refractivity contribution is 5.67. The molecule has 134 valence electrons. The summed E-state index contributed by atoms with van der Waals surface area (Å²) >= 11 is 0. The lowest BCUT2D eigenvalue weighted by atomic mass is 10.0. The Morgan fingerprint density at radius 1 is 1.25 bits per heavy atom. The first-order valence-corrected chi connectivity index (χ1v) is 7.68. The number of hydrogen-bond acceptors (Lipinski definition) is 4. The maximum absolute atomic E-state index is 12.5. The number of halogens is 3. The van der Waals surface area contributed by atoms with Crippen LogP contribution in [0.15, 0.2) is 12.4 Å². The Hall–Kier alpha value is -2.06. The fourth-order valence-electron chi connectivity index (χ4n) is 3.08. The van der Waals surface area contributed by atoms with Gasteiger partial charge in [-0.15, -0.1) is 0 Å². The van der Waals surface area contributed by atoms with Crippen molar-refractivity contribution < 1.29 is 23.1 Å². The second kappa shape index (κ2) is 6.45. The van der Waals surface area contributed by atoms with Crippen LogP contribution in [0.5, 0.6) is 0 Å². The van der Waals surface area contributed by atoms with E-state index < -0.39 is 23.5 Å². The highest BCUT2D eigenvalue weighted by Crippen LogP contribution is 2.32. The molecule has 1 heterocycles. The first-order chi connectivity index (χ1) is 11.0. The topological polar surface area (TPSA) is 78.4 Å². The van der Waals surface area contributed by atoms with Crippen LogP contribution in [-0.2, 0) is 6.18 Å². The van der Waals surface area contributed by atoms with Crippen molar-refractivity contribution in [3.05, 3.63) is 18.1 Å². The van der Waals surface area contributed by atoms with Gasteiger partial charge in [-0.3, -0.25) is 4.90 Å². The van der Waals surface area contributed by atoms with Crippen molar-refractivity contribution in [2.24, 2.45) is 0 Å². The molecule has 1 aliphatic rings. The maximum atomic E-state index is 12.5. The summed E-state index contributed by atoms with van der Waals surface area (Å²) in [6.45, 7) is 5.44. The van der Waals surface area contributed by atoms with E-state index in [9.17, 15) is 23.1 Å². The van der Waals surface area contributed by atoms with E-state index in [1.54, 1.807) is 0 Å². The van der Waals surface area contributed by atoms with Gasteiger partial charge in [-0.05, 0) is 40.0 Å². The Balaban J connectivity index is 2.15. The lowest BCUT2D eigenvalue weighted by molar-refractivity contribution is -0.141. The average Bonchev–Trinajstić information content (AvgIpc) is 2.84. The Labute approximate surface area is 138 Å². The number of carbonyl (C=O) groups is 1. The van der Waals surface area contributed by atoms with Gasteiger partial charge in [0.2, 0.25) is 0 Å². The highest BCUT2D eigenvalue weighted by Gasteiger charge is 2.40. The molecule has 9 heteroatoms. The van der Waals surface area contributed by atoms with E-state index >= 15 is 0 Å². The Kier molecular flexibility index (Phi) is 4.91. The van der Waals surface area contributed by atoms with Crippen LogP contribution in [0.4, 0.5) is 23.8 Å². The van der Waals surface area contributed by atoms with E-state index in [0.717, 1.165) is 12.6 Å². The van der Waals surface area contributed by atoms with Gasteiger partial charge in [-0.25, -0.2) is 14.8 Å². The molecule has 0 saturated heterocycles. The minimum absolute atomic E-state index is 0.208. The molecule has 1 aromatic rings. The first kappa shape index (κ1) is 18.3. The molecule has 0 aliphatic heterocycles. The smallest absolute Gasteiger partial charge is 0.434 e. The molecule has 24 heavy (non-hydrogen) atoms. The first-order valence-electron chi connectivity index (χ1n) is 7.68. The van der Waals surface area contributed by atoms with Crippen molar-refractivity contribution in [2.45, 2.75) is 63.8 Å². The minimum Gasteiger partial charge on any atom is -0.465 e. The van der Waals surface area contributed by atoms with Crippen molar-refractivity contribution in [2.75, 3.05) is 5.32 Å². The minimum atomic E-state index is -4.53. The molecule has 1 saturated carbocycles. The molecule has 1 aliphatic carbocycles. The molecule has 1 aromatic heterocycles. The van der Waals surface area contributed by atoms with E-state index in [-0.39, 0.29) is 17.9 Å². The normalized spacial score (nSPS) is 21.6. The standard InChI is InChI=1S/C15H21F3N4O2/c1-14(2,3)22(13(23)24)10-6-4-5-9(10)21-12-8-19-11(7-20-12)15(16,17)18/h7-10H,4-6H2,1-3H3,(H,20,21)(H,23,24)/t9-,10-/m0/s1. The number of alkyl halides is 3. The van der Waals surface area contributed by atoms with Crippen molar-refractivity contribution in [1.29, 1.82) is 0 Å². The summed E-state index contributed by atoms with van der Waals surface area (Å²) < 4.78 is 37.6. The molecule has 2 N–H and O–H groups in total. The van der Waals surface area contributed by atoms with Crippen LogP contribution in [0.3, 0.4) is 0 Å². The molecule has 0 bridgehead atoms. The van der Waals surface area contributed by atoms with E-state index in [2.05, 4.69) is 15.3 Å². The largest absolute Gasteiger partial charge is 0.465 e. The van der Waals surface area contributed by atoms with Crippen LogP contribution in [-0.4, -0.2) is 43.7 Å². The lowest BCUT2D eigenvalue weighted by Crippen LogP contribution is -2.55. The summed E-state index contributed by atoms with van der Waals surface area (Å²) in [4.78, 5) is 20.1. The van der Waals surface area contributed by atoms with Crippen molar-refractivity contribution >= 4 is 11.9 Å². The van der Waals surface area contributed by atoms with Crippen LogP contribution in [0.25, 0.3) is 0 Å². The number of nitrogens with zero attached hydrogens (tertiary/aromatic N) is 3. The summed E-state index contributed by atoms with van der Waals surface area (Å²) in [7, 11) is 0. The predicted molar refractivity (Wildman–Crippen MR) is 81.7 cm³/mol. The number of rotatable bonds is 3. The number of hydrogen-bond donors (Lipinski definition) is 2. The Morgan fingerprint density at radius 3 is 2.38 bits per heavy atom. The van der Waals surface area contributed by atoms with Gasteiger partial charge in [-0.2, -0.15) is 13.2 Å². The molecule has 0 spiro atoms. The summed E-state index contributed by atoms with van der Waals surface area (Å²) in [5, 5.41) is 12.6. The summed E-state index contributed by atoms with van der Waals surface area (Å²) in [5.41, 5.74) is -1.63. The van der Waals surface area contributed by atoms with Gasteiger partial charge < -0.3 is 10.4 Å². The van der Waals surface area contributed by atoms with E-state index in [4.69, 9.17) is 0 Å². The average molecular weight is 346 g/mol. The zero-order valence-corrected chi connectivity index (χ0v) is 13.8. The molecule has 2 rings (SSSR count). The van der Waals surface area contributed by atoms with E-state index in [1.807, 2.05) is 20.8 Å². The second-order valence-electron chi connectivity index (χ2n) is 6.86. The zero-order valence-electron chi connectivity index (χ0n) is 13.8. The monoisotopic (exact) mass is 346 g/mol. The SMILES string of the molecule is CC(C)(C)N(C(=O)O)[C@H]1CCC[C@@H]1Nc1cnc(C(F)(F)F)cn1. The summed E-state index contributed by atoms with van der Waals surface area (Å²) in [5.74, 6) is 0.208. The number of aromatic nitrogens is 2. The number of anilines is 1. The highest BCUT2D eigenvalue weighted by atomic mass is 19.4. The second-order valence-corrected chi connectivity index (χ2v) is 6.86. The summed E-state index contributed by atoms with van der Waals surface area (Å²) in [6.07, 6.45) is -1.61. The van der Waals surface area contributed by atoms with E-state index in [0.29, 0.717) is 19.0 Å². The van der Waals surface area contributed by atoms with Crippen LogP contribution in [0.2, 0.25) is 0 Å². The molecule has 1 fully saturated rings. The molecular weight excluding hydrogens is 325 g/mol. The Morgan fingerprint density at radius 2 is 1.92 bits per heavy atom. The molecule has 6 nitrogen and oxygen atoms in total. The van der Waals surface area contributed by atoms with Gasteiger partial charge in [0, 0.05) is 11.6 Å².